The van der Waals surface area contributed by atoms with Crippen LogP contribution in [0.4, 0.5) is 0 Å². The molecule has 0 bridgehead atoms. The van der Waals surface area contributed by atoms with Gasteiger partial charge in [0.2, 0.25) is 0 Å². The van der Waals surface area contributed by atoms with Gasteiger partial charge < -0.3 is 14.6 Å². The Morgan fingerprint density at radius 3 is 2.71 bits per heavy atom. The molecule has 2 fully saturated rings. The van der Waals surface area contributed by atoms with Crippen molar-refractivity contribution >= 4 is 0 Å². The van der Waals surface area contributed by atoms with Crippen molar-refractivity contribution in [2.45, 2.75) is 51.5 Å². The first-order valence-corrected chi connectivity index (χ1v) is 8.58. The highest BCUT2D eigenvalue weighted by Crippen LogP contribution is 2.27. The minimum Gasteiger partial charge on any atom is -0.381 e. The zero-order chi connectivity index (χ0) is 14.5. The summed E-state index contributed by atoms with van der Waals surface area (Å²) in [4.78, 5) is 10.5. The predicted molar refractivity (Wildman–Crippen MR) is 84.1 cm³/mol. The SMILES string of the molecule is CN(Cc1cnc(CC2CCCC2)[nH]1)CC1CCOCC1. The normalized spacial score (nSPS) is 21.4. The third-order valence-electron chi connectivity index (χ3n) is 4.99. The van der Waals surface area contributed by atoms with Crippen LogP contribution in [-0.2, 0) is 17.7 Å². The molecule has 1 aliphatic carbocycles. The molecule has 21 heavy (non-hydrogen) atoms. The third-order valence-corrected chi connectivity index (χ3v) is 4.99. The molecule has 1 saturated heterocycles. The maximum atomic E-state index is 5.43. The fourth-order valence-electron chi connectivity index (χ4n) is 3.80. The quantitative estimate of drug-likeness (QED) is 0.876. The van der Waals surface area contributed by atoms with Crippen LogP contribution in [0.2, 0.25) is 0 Å². The average Bonchev–Trinajstić information content (AvgIpc) is 3.13. The van der Waals surface area contributed by atoms with Gasteiger partial charge in [0, 0.05) is 44.6 Å². The molecule has 1 aromatic heterocycles. The highest BCUT2D eigenvalue weighted by molar-refractivity contribution is 5.02. The van der Waals surface area contributed by atoms with Crippen molar-refractivity contribution in [3.8, 4) is 0 Å². The second-order valence-corrected chi connectivity index (χ2v) is 6.96. The Kier molecular flexibility index (Phi) is 5.31. The number of aromatic nitrogens is 2. The van der Waals surface area contributed by atoms with Crippen LogP contribution in [0.25, 0.3) is 0 Å². The Balaban J connectivity index is 1.44. The second-order valence-electron chi connectivity index (χ2n) is 6.96. The molecule has 0 amide bonds. The summed E-state index contributed by atoms with van der Waals surface area (Å²) in [5.41, 5.74) is 1.26. The average molecular weight is 291 g/mol. The number of hydrogen-bond acceptors (Lipinski definition) is 3. The molecule has 0 radical (unpaired) electrons. The monoisotopic (exact) mass is 291 g/mol. The van der Waals surface area contributed by atoms with Gasteiger partial charge >= 0.3 is 0 Å². The summed E-state index contributed by atoms with van der Waals surface area (Å²) in [6, 6.07) is 0. The van der Waals surface area contributed by atoms with Crippen LogP contribution in [0.15, 0.2) is 6.20 Å². The fourth-order valence-corrected chi connectivity index (χ4v) is 3.80. The van der Waals surface area contributed by atoms with E-state index in [4.69, 9.17) is 4.74 Å². The number of imidazole rings is 1. The molecule has 0 unspecified atom stereocenters. The lowest BCUT2D eigenvalue weighted by Gasteiger charge is -2.26. The largest absolute Gasteiger partial charge is 0.381 e. The Labute approximate surface area is 128 Å². The second kappa shape index (κ2) is 7.41. The fraction of sp³-hybridized carbons (Fsp3) is 0.824. The van der Waals surface area contributed by atoms with Crippen molar-refractivity contribution in [3.05, 3.63) is 17.7 Å². The van der Waals surface area contributed by atoms with Crippen molar-refractivity contribution in [1.82, 2.24) is 14.9 Å². The van der Waals surface area contributed by atoms with Crippen LogP contribution < -0.4 is 0 Å². The number of aromatic amines is 1. The molecule has 1 aromatic rings. The van der Waals surface area contributed by atoms with Crippen LogP contribution in [0.5, 0.6) is 0 Å². The Hall–Kier alpha value is -0.870. The van der Waals surface area contributed by atoms with E-state index in [2.05, 4.69) is 21.9 Å². The number of ether oxygens (including phenoxy) is 1. The summed E-state index contributed by atoms with van der Waals surface area (Å²) in [5, 5.41) is 0. The summed E-state index contributed by atoms with van der Waals surface area (Å²) in [6.45, 7) is 4.03. The highest BCUT2D eigenvalue weighted by atomic mass is 16.5. The summed E-state index contributed by atoms with van der Waals surface area (Å²) >= 11 is 0. The third kappa shape index (κ3) is 4.55. The van der Waals surface area contributed by atoms with E-state index in [0.717, 1.165) is 38.0 Å². The molecule has 1 saturated carbocycles. The first-order chi connectivity index (χ1) is 10.3. The number of hydrogen-bond donors (Lipinski definition) is 1. The topological polar surface area (TPSA) is 41.2 Å². The molecule has 1 N–H and O–H groups in total. The Morgan fingerprint density at radius 1 is 1.19 bits per heavy atom. The zero-order valence-corrected chi connectivity index (χ0v) is 13.3. The molecular weight excluding hydrogens is 262 g/mol. The first kappa shape index (κ1) is 15.0. The lowest BCUT2D eigenvalue weighted by atomic mass is 10.00. The van der Waals surface area contributed by atoms with Crippen LogP contribution in [-0.4, -0.2) is 41.7 Å². The Morgan fingerprint density at radius 2 is 1.95 bits per heavy atom. The van der Waals surface area contributed by atoms with E-state index in [9.17, 15) is 0 Å². The summed E-state index contributed by atoms with van der Waals surface area (Å²) in [7, 11) is 2.22. The molecule has 2 heterocycles. The van der Waals surface area contributed by atoms with E-state index >= 15 is 0 Å². The number of rotatable bonds is 6. The smallest absolute Gasteiger partial charge is 0.106 e. The van der Waals surface area contributed by atoms with Gasteiger partial charge in [0.15, 0.2) is 0 Å². The molecule has 4 nitrogen and oxygen atoms in total. The summed E-state index contributed by atoms with van der Waals surface area (Å²) in [6.07, 6.45) is 11.2. The molecule has 0 spiro atoms. The minimum absolute atomic E-state index is 0.796. The first-order valence-electron chi connectivity index (χ1n) is 8.58. The lowest BCUT2D eigenvalue weighted by molar-refractivity contribution is 0.0548. The molecule has 4 heteroatoms. The van der Waals surface area contributed by atoms with Gasteiger partial charge in [-0.1, -0.05) is 25.7 Å². The maximum Gasteiger partial charge on any atom is 0.106 e. The van der Waals surface area contributed by atoms with Crippen LogP contribution in [0.3, 0.4) is 0 Å². The van der Waals surface area contributed by atoms with Crippen molar-refractivity contribution in [2.75, 3.05) is 26.8 Å². The van der Waals surface area contributed by atoms with Gasteiger partial charge in [0.25, 0.3) is 0 Å². The lowest BCUT2D eigenvalue weighted by Crippen LogP contribution is -2.29. The van der Waals surface area contributed by atoms with Crippen LogP contribution in [0, 0.1) is 11.8 Å². The van der Waals surface area contributed by atoms with Crippen molar-refractivity contribution in [2.24, 2.45) is 11.8 Å². The summed E-state index contributed by atoms with van der Waals surface area (Å²) in [5.74, 6) is 2.85. The molecule has 2 aliphatic rings. The molecular formula is C17H29N3O. The summed E-state index contributed by atoms with van der Waals surface area (Å²) < 4.78 is 5.43. The van der Waals surface area contributed by atoms with E-state index in [1.807, 2.05) is 6.20 Å². The van der Waals surface area contributed by atoms with Crippen LogP contribution in [0.1, 0.15) is 50.0 Å². The Bertz CT molecular complexity index is 419. The van der Waals surface area contributed by atoms with E-state index in [-0.39, 0.29) is 0 Å². The van der Waals surface area contributed by atoms with Crippen molar-refractivity contribution in [1.29, 1.82) is 0 Å². The molecule has 0 aromatic carbocycles. The van der Waals surface area contributed by atoms with Gasteiger partial charge in [-0.25, -0.2) is 4.98 Å². The number of H-pyrrole nitrogens is 1. The van der Waals surface area contributed by atoms with Gasteiger partial charge in [0.1, 0.15) is 5.82 Å². The van der Waals surface area contributed by atoms with Crippen LogP contribution >= 0.6 is 0 Å². The van der Waals surface area contributed by atoms with E-state index in [1.54, 1.807) is 0 Å². The van der Waals surface area contributed by atoms with E-state index in [0.29, 0.717) is 0 Å². The highest BCUT2D eigenvalue weighted by Gasteiger charge is 2.18. The van der Waals surface area contributed by atoms with Gasteiger partial charge in [-0.2, -0.15) is 0 Å². The molecule has 0 atom stereocenters. The van der Waals surface area contributed by atoms with E-state index in [1.165, 1.54) is 56.6 Å². The predicted octanol–water partition coefficient (Wildman–Crippen LogP) is 3.00. The zero-order valence-electron chi connectivity index (χ0n) is 13.3. The number of nitrogens with one attached hydrogen (secondary N) is 1. The maximum absolute atomic E-state index is 5.43. The van der Waals surface area contributed by atoms with Gasteiger partial charge in [-0.05, 0) is 31.7 Å². The van der Waals surface area contributed by atoms with Crippen molar-refractivity contribution in [3.63, 3.8) is 0 Å². The van der Waals surface area contributed by atoms with Crippen molar-refractivity contribution < 1.29 is 4.74 Å². The van der Waals surface area contributed by atoms with Gasteiger partial charge in [0.05, 0.1) is 0 Å². The molecule has 118 valence electrons. The number of nitrogens with zero attached hydrogens (tertiary/aromatic N) is 2. The minimum atomic E-state index is 0.796. The molecule has 3 rings (SSSR count). The van der Waals surface area contributed by atoms with E-state index < -0.39 is 0 Å². The van der Waals surface area contributed by atoms with Gasteiger partial charge in [-0.15, -0.1) is 0 Å². The standard InChI is InChI=1S/C17H29N3O/c1-20(12-15-6-8-21-9-7-15)13-16-11-18-17(19-16)10-14-4-2-3-5-14/h11,14-15H,2-10,12-13H2,1H3,(H,18,19). The molecule has 1 aliphatic heterocycles. The van der Waals surface area contributed by atoms with Gasteiger partial charge in [-0.3, -0.25) is 0 Å².